The van der Waals surface area contributed by atoms with Crippen LogP contribution in [0.15, 0.2) is 44.0 Å². The molecule has 4 aromatic heterocycles. The van der Waals surface area contributed by atoms with Crippen LogP contribution in [-0.2, 0) is 0 Å². The lowest BCUT2D eigenvalue weighted by molar-refractivity contribution is 1.65. The third-order valence-corrected chi connectivity index (χ3v) is 8.93. The van der Waals surface area contributed by atoms with E-state index in [0.717, 1.165) is 51.5 Å². The molecule has 28 heavy (non-hydrogen) atoms. The van der Waals surface area contributed by atoms with Crippen LogP contribution in [0.25, 0.3) is 53.7 Å². The molecule has 0 radical (unpaired) electrons. The summed E-state index contributed by atoms with van der Waals surface area (Å²) in [4.78, 5) is 2.34. The molecule has 136 valence electrons. The van der Waals surface area contributed by atoms with E-state index in [-0.39, 0.29) is 0 Å². The van der Waals surface area contributed by atoms with Crippen LogP contribution in [0.4, 0.5) is 0 Å². The van der Waals surface area contributed by atoms with Crippen LogP contribution in [0.1, 0.15) is 0 Å². The number of rotatable bonds is 2. The van der Waals surface area contributed by atoms with Crippen LogP contribution in [-0.4, -0.2) is 17.5 Å². The summed E-state index contributed by atoms with van der Waals surface area (Å²) in [5.41, 5.74) is 5.93. The van der Waals surface area contributed by atoms with E-state index in [4.69, 9.17) is 0 Å². The number of halogens is 2. The average Bonchev–Trinajstić information content (AvgIpc) is 3.46. The summed E-state index contributed by atoms with van der Waals surface area (Å²) in [6.45, 7) is 0. The van der Waals surface area contributed by atoms with Gasteiger partial charge in [-0.3, -0.25) is 0 Å². The Balaban J connectivity index is 1.88. The summed E-state index contributed by atoms with van der Waals surface area (Å²) in [5.74, 6) is 0. The predicted octanol–water partition coefficient (Wildman–Crippen LogP) is 7.83. The zero-order valence-electron chi connectivity index (χ0n) is 13.6. The Labute approximate surface area is 191 Å². The van der Waals surface area contributed by atoms with Gasteiger partial charge in [0.25, 0.3) is 0 Å². The number of hydrogen-bond donors (Lipinski definition) is 0. The third kappa shape index (κ3) is 2.62. The van der Waals surface area contributed by atoms with Crippen molar-refractivity contribution in [3.05, 3.63) is 44.0 Å². The lowest BCUT2D eigenvalue weighted by Gasteiger charge is -2.10. The van der Waals surface area contributed by atoms with Crippen molar-refractivity contribution in [1.82, 2.24) is 17.5 Å². The van der Waals surface area contributed by atoms with Crippen LogP contribution in [0, 0.1) is 0 Å². The molecular weight excluding hydrogens is 560 g/mol. The molecule has 6 rings (SSSR count). The molecule has 0 unspecified atom stereocenters. The van der Waals surface area contributed by atoms with Crippen LogP contribution in [0.5, 0.6) is 0 Å². The molecule has 4 nitrogen and oxygen atoms in total. The van der Waals surface area contributed by atoms with Gasteiger partial charge < -0.3 is 0 Å². The van der Waals surface area contributed by atoms with Gasteiger partial charge in [-0.25, -0.2) is 0 Å². The highest BCUT2D eigenvalue weighted by atomic mass is 79.9. The van der Waals surface area contributed by atoms with Gasteiger partial charge in [0.15, 0.2) is 0 Å². The second-order valence-electron chi connectivity index (χ2n) is 6.07. The maximum atomic E-state index is 4.64. The summed E-state index contributed by atoms with van der Waals surface area (Å²) in [6.07, 6.45) is 0. The van der Waals surface area contributed by atoms with E-state index < -0.39 is 0 Å². The molecule has 0 amide bonds. The monoisotopic (exact) mass is 564 g/mol. The number of benzene rings is 2. The second-order valence-corrected chi connectivity index (χ2v) is 12.1. The van der Waals surface area contributed by atoms with E-state index in [1.54, 1.807) is 22.7 Å². The smallest absolute Gasteiger partial charge is 0.113 e. The molecule has 6 aromatic rings. The molecule has 0 spiro atoms. The van der Waals surface area contributed by atoms with Gasteiger partial charge in [-0.15, -0.1) is 22.7 Å². The van der Waals surface area contributed by atoms with Crippen LogP contribution in [0.2, 0.25) is 0 Å². The summed E-state index contributed by atoms with van der Waals surface area (Å²) in [5, 5.41) is 2.20. The molecule has 2 aromatic carbocycles. The minimum Gasteiger partial charge on any atom is -0.173 e. The van der Waals surface area contributed by atoms with Crippen molar-refractivity contribution in [2.24, 2.45) is 0 Å². The Morgan fingerprint density at radius 3 is 1.46 bits per heavy atom. The van der Waals surface area contributed by atoms with E-state index in [2.05, 4.69) is 85.8 Å². The van der Waals surface area contributed by atoms with Crippen molar-refractivity contribution < 1.29 is 0 Å². The van der Waals surface area contributed by atoms with Crippen molar-refractivity contribution in [3.8, 4) is 20.9 Å². The molecule has 0 aliphatic carbocycles. The Morgan fingerprint density at radius 2 is 1.07 bits per heavy atom. The van der Waals surface area contributed by atoms with Gasteiger partial charge in [0, 0.05) is 31.7 Å². The van der Waals surface area contributed by atoms with E-state index in [1.807, 2.05) is 0 Å². The molecule has 4 heterocycles. The summed E-state index contributed by atoms with van der Waals surface area (Å²) >= 11 is 13.1. The number of fused-ring (bicyclic) bond motifs is 5. The number of thiophene rings is 2. The van der Waals surface area contributed by atoms with Gasteiger partial charge in [-0.2, -0.15) is 17.5 Å². The van der Waals surface area contributed by atoms with Crippen molar-refractivity contribution in [2.45, 2.75) is 0 Å². The maximum Gasteiger partial charge on any atom is 0.113 e. The largest absolute Gasteiger partial charge is 0.173 e. The highest BCUT2D eigenvalue weighted by Crippen LogP contribution is 2.46. The fourth-order valence-electron chi connectivity index (χ4n) is 3.41. The van der Waals surface area contributed by atoms with Gasteiger partial charge in [-0.1, -0.05) is 0 Å². The zero-order valence-corrected chi connectivity index (χ0v) is 20.1. The lowest BCUT2D eigenvalue weighted by atomic mass is 9.95. The van der Waals surface area contributed by atoms with Gasteiger partial charge in [0.2, 0.25) is 0 Å². The molecule has 0 aliphatic heterocycles. The van der Waals surface area contributed by atoms with Crippen LogP contribution >= 0.6 is 78.0 Å². The number of nitrogens with zero attached hydrogens (tertiary/aromatic N) is 4. The quantitative estimate of drug-likeness (QED) is 0.214. The maximum absolute atomic E-state index is 4.64. The van der Waals surface area contributed by atoms with Crippen molar-refractivity contribution in [2.75, 3.05) is 0 Å². The minimum atomic E-state index is 0.913. The first-order valence-corrected chi connectivity index (χ1v) is 12.7. The third-order valence-electron chi connectivity index (χ3n) is 4.53. The average molecular weight is 566 g/mol. The summed E-state index contributed by atoms with van der Waals surface area (Å²) in [7, 11) is 0. The fraction of sp³-hybridized carbons (Fsp3) is 0. The van der Waals surface area contributed by atoms with Crippen molar-refractivity contribution in [1.29, 1.82) is 0 Å². The number of hydrogen-bond acceptors (Lipinski definition) is 8. The lowest BCUT2D eigenvalue weighted by Crippen LogP contribution is -1.88. The molecule has 0 bridgehead atoms. The molecule has 0 aliphatic rings. The molecule has 0 saturated heterocycles. The van der Waals surface area contributed by atoms with Gasteiger partial charge in [0.05, 0.1) is 31.0 Å². The minimum absolute atomic E-state index is 0.913. The van der Waals surface area contributed by atoms with Gasteiger partial charge in [-0.05, 0) is 68.3 Å². The van der Waals surface area contributed by atoms with E-state index in [1.165, 1.54) is 33.2 Å². The molecule has 0 fully saturated rings. The first-order chi connectivity index (χ1) is 13.7. The highest BCUT2D eigenvalue weighted by Gasteiger charge is 2.21. The standard InChI is InChI=1S/C18H6Br2N4S4/c19-13-3-1-11(25-13)7-5-9-18(24-27-21-9)16-8(12-2-4-14(20)26-12)6-10-17(15(7)16)23-28-22-10/h1-6H. The van der Waals surface area contributed by atoms with Crippen molar-refractivity contribution in [3.63, 3.8) is 0 Å². The van der Waals surface area contributed by atoms with E-state index in [0.29, 0.717) is 0 Å². The number of aromatic nitrogens is 4. The Bertz CT molecular complexity index is 1400. The second kappa shape index (κ2) is 6.61. The molecular formula is C18H6Br2N4S4. The first kappa shape index (κ1) is 17.5. The van der Waals surface area contributed by atoms with E-state index in [9.17, 15) is 0 Å². The first-order valence-electron chi connectivity index (χ1n) is 8.05. The molecule has 0 N–H and O–H groups in total. The van der Waals surface area contributed by atoms with Gasteiger partial charge in [0.1, 0.15) is 22.1 Å². The predicted molar refractivity (Wildman–Crippen MR) is 128 cm³/mol. The van der Waals surface area contributed by atoms with Crippen LogP contribution < -0.4 is 0 Å². The molecule has 0 saturated carbocycles. The van der Waals surface area contributed by atoms with E-state index >= 15 is 0 Å². The Morgan fingerprint density at radius 1 is 0.607 bits per heavy atom. The topological polar surface area (TPSA) is 51.6 Å². The zero-order chi connectivity index (χ0) is 18.8. The normalized spacial score (nSPS) is 11.9. The SMILES string of the molecule is Brc1ccc(-c2cc3nsnc3c3c(-c4ccc(Br)s4)cc4nsnc4c23)s1. The van der Waals surface area contributed by atoms with Crippen molar-refractivity contribution >= 4 is 111 Å². The fourth-order valence-corrected chi connectivity index (χ4v) is 7.30. The summed E-state index contributed by atoms with van der Waals surface area (Å²) in [6, 6.07) is 12.7. The van der Waals surface area contributed by atoms with Crippen LogP contribution in [0.3, 0.4) is 0 Å². The molecule has 0 atom stereocenters. The Hall–Kier alpha value is -1.30. The van der Waals surface area contributed by atoms with Gasteiger partial charge >= 0.3 is 0 Å². The highest BCUT2D eigenvalue weighted by molar-refractivity contribution is 9.11. The molecule has 10 heteroatoms. The Kier molecular flexibility index (Phi) is 4.14. The summed E-state index contributed by atoms with van der Waals surface area (Å²) < 4.78 is 20.6.